The van der Waals surface area contributed by atoms with Crippen LogP contribution in [0.1, 0.15) is 19.4 Å². The molecule has 156 valence electrons. The van der Waals surface area contributed by atoms with E-state index >= 15 is 0 Å². The maximum Gasteiger partial charge on any atom is 0.319 e. The third kappa shape index (κ3) is 6.99. The highest BCUT2D eigenvalue weighted by molar-refractivity contribution is 7.99. The standard InChI is InChI=1S/C21H29N5O2S/c1-15(2)13-26-9-10-28-17(14-26)12-24-20(27)25-19-6-5-18(11-16(19)3)29-21-22-7-4-8-23-21/h4-8,11,15,17H,9-10,12-14H2,1-3H3,(H2,24,25,27). The van der Waals surface area contributed by atoms with Gasteiger partial charge in [-0.15, -0.1) is 0 Å². The maximum absolute atomic E-state index is 12.3. The molecule has 2 heterocycles. The highest BCUT2D eigenvalue weighted by Gasteiger charge is 2.21. The molecule has 1 unspecified atom stereocenters. The Balaban J connectivity index is 1.47. The zero-order chi connectivity index (χ0) is 20.6. The van der Waals surface area contributed by atoms with Gasteiger partial charge in [-0.05, 0) is 54.4 Å². The van der Waals surface area contributed by atoms with Crippen molar-refractivity contribution in [3.05, 3.63) is 42.2 Å². The van der Waals surface area contributed by atoms with Gasteiger partial charge in [0, 0.05) is 49.2 Å². The van der Waals surface area contributed by atoms with E-state index in [-0.39, 0.29) is 12.1 Å². The van der Waals surface area contributed by atoms with Crippen LogP contribution in [0.2, 0.25) is 0 Å². The van der Waals surface area contributed by atoms with Crippen LogP contribution in [0.4, 0.5) is 10.5 Å². The van der Waals surface area contributed by atoms with Crippen LogP contribution in [0.3, 0.4) is 0 Å². The molecule has 29 heavy (non-hydrogen) atoms. The van der Waals surface area contributed by atoms with Crippen molar-refractivity contribution in [3.63, 3.8) is 0 Å². The number of hydrogen-bond donors (Lipinski definition) is 2. The Hall–Kier alpha value is -2.16. The molecule has 3 rings (SSSR count). The number of carbonyl (C=O) groups excluding carboxylic acids is 1. The van der Waals surface area contributed by atoms with Crippen molar-refractivity contribution in [2.24, 2.45) is 5.92 Å². The van der Waals surface area contributed by atoms with E-state index in [4.69, 9.17) is 4.74 Å². The van der Waals surface area contributed by atoms with E-state index in [1.54, 1.807) is 18.5 Å². The second kappa shape index (κ2) is 10.6. The molecule has 1 aliphatic heterocycles. The summed E-state index contributed by atoms with van der Waals surface area (Å²) < 4.78 is 5.79. The molecule has 0 spiro atoms. The lowest BCUT2D eigenvalue weighted by Crippen LogP contribution is -2.48. The molecule has 8 heteroatoms. The number of nitrogens with one attached hydrogen (secondary N) is 2. The van der Waals surface area contributed by atoms with Gasteiger partial charge in [0.25, 0.3) is 0 Å². The van der Waals surface area contributed by atoms with E-state index in [0.717, 1.165) is 35.8 Å². The second-order valence-electron chi connectivity index (χ2n) is 7.59. The van der Waals surface area contributed by atoms with Crippen molar-refractivity contribution >= 4 is 23.5 Å². The van der Waals surface area contributed by atoms with E-state index in [0.29, 0.717) is 24.2 Å². The number of morpholine rings is 1. The van der Waals surface area contributed by atoms with Gasteiger partial charge in [0.1, 0.15) is 0 Å². The topological polar surface area (TPSA) is 79.4 Å². The SMILES string of the molecule is Cc1cc(Sc2ncccn2)ccc1NC(=O)NCC1CN(CC(C)C)CCO1. The maximum atomic E-state index is 12.3. The molecule has 2 aromatic rings. The summed E-state index contributed by atoms with van der Waals surface area (Å²) in [6.45, 7) is 10.5. The Morgan fingerprint density at radius 1 is 1.34 bits per heavy atom. The fraction of sp³-hybridized carbons (Fsp3) is 0.476. The van der Waals surface area contributed by atoms with Gasteiger partial charge in [-0.3, -0.25) is 4.90 Å². The molecule has 1 saturated heterocycles. The average molecular weight is 416 g/mol. The third-order valence-corrected chi connectivity index (χ3v) is 5.42. The number of nitrogens with zero attached hydrogens (tertiary/aromatic N) is 3. The summed E-state index contributed by atoms with van der Waals surface area (Å²) >= 11 is 1.49. The Bertz CT molecular complexity index is 803. The summed E-state index contributed by atoms with van der Waals surface area (Å²) in [4.78, 5) is 24.2. The number of hydrogen-bond acceptors (Lipinski definition) is 6. The number of aromatic nitrogens is 2. The zero-order valence-electron chi connectivity index (χ0n) is 17.2. The number of carbonyl (C=O) groups is 1. The normalized spacial score (nSPS) is 17.3. The van der Waals surface area contributed by atoms with Crippen molar-refractivity contribution in [1.82, 2.24) is 20.2 Å². The van der Waals surface area contributed by atoms with Crippen molar-refractivity contribution < 1.29 is 9.53 Å². The molecule has 1 aromatic heterocycles. The van der Waals surface area contributed by atoms with Crippen LogP contribution in [0.25, 0.3) is 0 Å². The summed E-state index contributed by atoms with van der Waals surface area (Å²) in [5.41, 5.74) is 1.77. The molecule has 1 fully saturated rings. The van der Waals surface area contributed by atoms with Crippen LogP contribution in [-0.2, 0) is 4.74 Å². The molecule has 1 atom stereocenters. The molecule has 2 N–H and O–H groups in total. The highest BCUT2D eigenvalue weighted by Crippen LogP contribution is 2.27. The van der Waals surface area contributed by atoms with Crippen molar-refractivity contribution in [1.29, 1.82) is 0 Å². The minimum atomic E-state index is -0.218. The van der Waals surface area contributed by atoms with Crippen LogP contribution in [0.5, 0.6) is 0 Å². The molecule has 0 aliphatic carbocycles. The Morgan fingerprint density at radius 2 is 2.14 bits per heavy atom. The summed E-state index contributed by atoms with van der Waals surface area (Å²) in [6, 6.07) is 7.45. The van der Waals surface area contributed by atoms with Crippen molar-refractivity contribution in [3.8, 4) is 0 Å². The minimum Gasteiger partial charge on any atom is -0.374 e. The van der Waals surface area contributed by atoms with Crippen LogP contribution in [0.15, 0.2) is 46.7 Å². The van der Waals surface area contributed by atoms with Gasteiger partial charge in [-0.2, -0.15) is 0 Å². The largest absolute Gasteiger partial charge is 0.374 e. The smallest absolute Gasteiger partial charge is 0.319 e. The van der Waals surface area contributed by atoms with E-state index in [1.807, 2.05) is 25.1 Å². The van der Waals surface area contributed by atoms with Crippen LogP contribution in [-0.4, -0.2) is 59.8 Å². The van der Waals surface area contributed by atoms with Crippen molar-refractivity contribution in [2.45, 2.75) is 36.9 Å². The first-order valence-corrected chi connectivity index (χ1v) is 10.8. The molecular formula is C21H29N5O2S. The monoisotopic (exact) mass is 415 g/mol. The van der Waals surface area contributed by atoms with E-state index in [1.165, 1.54) is 11.8 Å². The molecule has 0 saturated carbocycles. The predicted octanol–water partition coefficient (Wildman–Crippen LogP) is 3.41. The summed E-state index contributed by atoms with van der Waals surface area (Å²) in [6.07, 6.45) is 3.47. The lowest BCUT2D eigenvalue weighted by Gasteiger charge is -2.33. The number of anilines is 1. The zero-order valence-corrected chi connectivity index (χ0v) is 18.0. The van der Waals surface area contributed by atoms with Crippen LogP contribution >= 0.6 is 11.8 Å². The van der Waals surface area contributed by atoms with Crippen LogP contribution in [0, 0.1) is 12.8 Å². The number of amides is 2. The first-order valence-electron chi connectivity index (χ1n) is 9.94. The summed E-state index contributed by atoms with van der Waals surface area (Å²) in [5.74, 6) is 0.627. The Labute approximate surface area is 176 Å². The quantitative estimate of drug-likeness (QED) is 0.675. The lowest BCUT2D eigenvalue weighted by molar-refractivity contribution is -0.0288. The van der Waals surface area contributed by atoms with Gasteiger partial charge in [-0.1, -0.05) is 13.8 Å². The minimum absolute atomic E-state index is 0.0268. The number of rotatable bonds is 7. The highest BCUT2D eigenvalue weighted by atomic mass is 32.2. The summed E-state index contributed by atoms with van der Waals surface area (Å²) in [5, 5.41) is 6.55. The first-order chi connectivity index (χ1) is 14.0. The van der Waals surface area contributed by atoms with E-state index in [2.05, 4.69) is 39.3 Å². The van der Waals surface area contributed by atoms with E-state index in [9.17, 15) is 4.79 Å². The molecule has 7 nitrogen and oxygen atoms in total. The number of ether oxygens (including phenoxy) is 1. The van der Waals surface area contributed by atoms with Gasteiger partial charge in [0.15, 0.2) is 5.16 Å². The van der Waals surface area contributed by atoms with Crippen LogP contribution < -0.4 is 10.6 Å². The number of urea groups is 1. The third-order valence-electron chi connectivity index (χ3n) is 4.53. The molecule has 1 aliphatic rings. The van der Waals surface area contributed by atoms with Gasteiger partial charge in [-0.25, -0.2) is 14.8 Å². The molecule has 1 aromatic carbocycles. The fourth-order valence-electron chi connectivity index (χ4n) is 3.24. The molecule has 2 amide bonds. The van der Waals surface area contributed by atoms with Gasteiger partial charge in [0.05, 0.1) is 12.7 Å². The average Bonchev–Trinajstić information content (AvgIpc) is 2.69. The number of benzene rings is 1. The lowest BCUT2D eigenvalue weighted by atomic mass is 10.2. The first kappa shape index (κ1) is 21.5. The second-order valence-corrected chi connectivity index (χ2v) is 8.63. The number of aryl methyl sites for hydroxylation is 1. The van der Waals surface area contributed by atoms with Crippen molar-refractivity contribution in [2.75, 3.05) is 38.1 Å². The van der Waals surface area contributed by atoms with Gasteiger partial charge in [0.2, 0.25) is 0 Å². The fourth-order valence-corrected chi connectivity index (χ4v) is 4.05. The Kier molecular flexibility index (Phi) is 7.85. The van der Waals surface area contributed by atoms with Gasteiger partial charge >= 0.3 is 6.03 Å². The van der Waals surface area contributed by atoms with Gasteiger partial charge < -0.3 is 15.4 Å². The van der Waals surface area contributed by atoms with E-state index < -0.39 is 0 Å². The Morgan fingerprint density at radius 3 is 2.86 bits per heavy atom. The predicted molar refractivity (Wildman–Crippen MR) is 115 cm³/mol. The molecule has 0 bridgehead atoms. The molecule has 0 radical (unpaired) electrons. The summed E-state index contributed by atoms with van der Waals surface area (Å²) in [7, 11) is 0. The molecular weight excluding hydrogens is 386 g/mol.